The molecular formula is C22H32N4O5S. The number of nitrogens with one attached hydrogen (secondary N) is 2. The number of benzene rings is 1. The van der Waals surface area contributed by atoms with Crippen LogP contribution in [0.3, 0.4) is 0 Å². The van der Waals surface area contributed by atoms with E-state index < -0.39 is 21.2 Å². The van der Waals surface area contributed by atoms with E-state index in [9.17, 15) is 13.2 Å². The number of nitrogens with zero attached hydrogens (tertiary/aromatic N) is 2. The molecule has 32 heavy (non-hydrogen) atoms. The summed E-state index contributed by atoms with van der Waals surface area (Å²) >= 11 is 0. The number of carbonyl (C=O) groups is 1. The number of anilines is 1. The van der Waals surface area contributed by atoms with E-state index in [1.165, 1.54) is 4.31 Å². The minimum absolute atomic E-state index is 0.0653. The summed E-state index contributed by atoms with van der Waals surface area (Å²) in [7, 11) is -3.34. The van der Waals surface area contributed by atoms with Gasteiger partial charge in [0.05, 0.1) is 24.2 Å². The van der Waals surface area contributed by atoms with Crippen LogP contribution in [0.15, 0.2) is 35.7 Å². The first-order valence-corrected chi connectivity index (χ1v) is 12.5. The lowest BCUT2D eigenvalue weighted by Crippen LogP contribution is -2.50. The highest BCUT2D eigenvalue weighted by molar-refractivity contribution is 7.89. The first kappa shape index (κ1) is 24.1. The predicted octanol–water partition coefficient (Wildman–Crippen LogP) is 2.42. The summed E-state index contributed by atoms with van der Waals surface area (Å²) in [5.74, 6) is 0.192. The van der Waals surface area contributed by atoms with Crippen LogP contribution in [0.2, 0.25) is 0 Å². The maximum absolute atomic E-state index is 13.2. The SMILES string of the molecule is CC(C)S(=O)(=O)N1CCN(/C(C=N)=C2\OCCCCCOc3ccccc3NC2=O)CC1. The maximum atomic E-state index is 13.2. The Morgan fingerprint density at radius 3 is 2.38 bits per heavy atom. The van der Waals surface area contributed by atoms with Crippen LogP contribution in [-0.4, -0.2) is 74.4 Å². The lowest BCUT2D eigenvalue weighted by atomic mass is 10.2. The third kappa shape index (κ3) is 5.60. The van der Waals surface area contributed by atoms with Gasteiger partial charge in [-0.05, 0) is 45.2 Å². The normalized spacial score (nSPS) is 20.7. The van der Waals surface area contributed by atoms with Crippen LogP contribution in [0.25, 0.3) is 0 Å². The van der Waals surface area contributed by atoms with E-state index in [4.69, 9.17) is 14.9 Å². The summed E-state index contributed by atoms with van der Waals surface area (Å²) in [4.78, 5) is 15.0. The second-order valence-electron chi connectivity index (χ2n) is 8.05. The van der Waals surface area contributed by atoms with Gasteiger partial charge in [-0.1, -0.05) is 12.1 Å². The van der Waals surface area contributed by atoms with Gasteiger partial charge in [0.2, 0.25) is 15.8 Å². The fourth-order valence-corrected chi connectivity index (χ4v) is 4.92. The second-order valence-corrected chi connectivity index (χ2v) is 10.5. The highest BCUT2D eigenvalue weighted by atomic mass is 32.2. The van der Waals surface area contributed by atoms with E-state index in [0.29, 0.717) is 56.5 Å². The lowest BCUT2D eigenvalue weighted by Gasteiger charge is -2.36. The molecule has 0 radical (unpaired) electrons. The van der Waals surface area contributed by atoms with Crippen LogP contribution in [-0.2, 0) is 19.6 Å². The van der Waals surface area contributed by atoms with Crippen molar-refractivity contribution in [2.24, 2.45) is 0 Å². The molecule has 2 heterocycles. The standard InChI is InChI=1S/C22H32N4O5S/c1-17(2)32(28,29)26-12-10-25(11-13-26)19(16-23)21-22(27)24-18-8-4-5-9-20(18)30-14-6-3-7-15-31-21/h4-5,8-9,16-17,23H,3,6-7,10-15H2,1-2H3,(H,24,27)/b21-19-,23-16?. The number of allylic oxidation sites excluding steroid dienone is 1. The Morgan fingerprint density at radius 1 is 1.06 bits per heavy atom. The van der Waals surface area contributed by atoms with Crippen molar-refractivity contribution >= 4 is 27.8 Å². The molecule has 0 aliphatic carbocycles. The molecule has 1 aromatic carbocycles. The minimum atomic E-state index is -3.34. The number of carbonyl (C=O) groups excluding carboxylic acids is 1. The van der Waals surface area contributed by atoms with Gasteiger partial charge in [-0.25, -0.2) is 8.42 Å². The van der Waals surface area contributed by atoms with Gasteiger partial charge in [-0.3, -0.25) is 4.79 Å². The number of fused-ring (bicyclic) bond motifs is 1. The Kier molecular flexibility index (Phi) is 8.14. The van der Waals surface area contributed by atoms with Crippen molar-refractivity contribution in [1.29, 1.82) is 5.41 Å². The first-order chi connectivity index (χ1) is 15.3. The van der Waals surface area contributed by atoms with Gasteiger partial charge in [0, 0.05) is 32.4 Å². The molecule has 0 aromatic heterocycles. The number of para-hydroxylation sites is 2. The highest BCUT2D eigenvalue weighted by Gasteiger charge is 2.31. The number of rotatable bonds is 4. The minimum Gasteiger partial charge on any atom is -0.491 e. The zero-order valence-electron chi connectivity index (χ0n) is 18.7. The number of hydrogen-bond donors (Lipinski definition) is 2. The zero-order valence-corrected chi connectivity index (χ0v) is 19.5. The summed E-state index contributed by atoms with van der Waals surface area (Å²) in [6.45, 7) is 5.57. The van der Waals surface area contributed by atoms with E-state index in [1.54, 1.807) is 26.0 Å². The quantitative estimate of drug-likeness (QED) is 0.523. The fourth-order valence-electron chi connectivity index (χ4n) is 3.65. The molecule has 0 spiro atoms. The topological polar surface area (TPSA) is 112 Å². The van der Waals surface area contributed by atoms with Crippen LogP contribution in [0.1, 0.15) is 33.1 Å². The van der Waals surface area contributed by atoms with Crippen LogP contribution < -0.4 is 10.1 Å². The molecule has 2 aliphatic heterocycles. The fraction of sp³-hybridized carbons (Fsp3) is 0.545. The van der Waals surface area contributed by atoms with Crippen molar-refractivity contribution in [3.63, 3.8) is 0 Å². The van der Waals surface area contributed by atoms with Crippen LogP contribution >= 0.6 is 0 Å². The Hall–Kier alpha value is -2.59. The summed E-state index contributed by atoms with van der Waals surface area (Å²) in [5, 5.41) is 10.3. The molecule has 10 heteroatoms. The van der Waals surface area contributed by atoms with Crippen molar-refractivity contribution < 1.29 is 22.7 Å². The Morgan fingerprint density at radius 2 is 1.72 bits per heavy atom. The largest absolute Gasteiger partial charge is 0.491 e. The molecule has 9 nitrogen and oxygen atoms in total. The number of amides is 1. The summed E-state index contributed by atoms with van der Waals surface area (Å²) < 4.78 is 38.1. The van der Waals surface area contributed by atoms with E-state index >= 15 is 0 Å². The molecule has 1 amide bonds. The average Bonchev–Trinajstić information content (AvgIpc) is 2.78. The zero-order chi connectivity index (χ0) is 23.1. The lowest BCUT2D eigenvalue weighted by molar-refractivity contribution is -0.116. The number of hydrogen-bond acceptors (Lipinski definition) is 7. The smallest absolute Gasteiger partial charge is 0.293 e. The molecule has 0 bridgehead atoms. The van der Waals surface area contributed by atoms with Gasteiger partial charge in [0.25, 0.3) is 5.91 Å². The monoisotopic (exact) mass is 464 g/mol. The second kappa shape index (κ2) is 10.8. The predicted molar refractivity (Wildman–Crippen MR) is 123 cm³/mol. The highest BCUT2D eigenvalue weighted by Crippen LogP contribution is 2.26. The molecule has 1 saturated heterocycles. The Balaban J connectivity index is 1.85. The van der Waals surface area contributed by atoms with Crippen LogP contribution in [0, 0.1) is 5.41 Å². The third-order valence-electron chi connectivity index (χ3n) is 5.54. The van der Waals surface area contributed by atoms with E-state index in [2.05, 4.69) is 5.32 Å². The third-order valence-corrected chi connectivity index (χ3v) is 7.81. The first-order valence-electron chi connectivity index (χ1n) is 11.0. The van der Waals surface area contributed by atoms with Gasteiger partial charge in [0.1, 0.15) is 11.4 Å². The van der Waals surface area contributed by atoms with Gasteiger partial charge >= 0.3 is 0 Å². The van der Waals surface area contributed by atoms with E-state index in [1.807, 2.05) is 17.0 Å². The average molecular weight is 465 g/mol. The molecule has 2 N–H and O–H groups in total. The molecular weight excluding hydrogens is 432 g/mol. The molecule has 3 rings (SSSR count). The molecule has 2 aliphatic rings. The molecule has 176 valence electrons. The van der Waals surface area contributed by atoms with Crippen molar-refractivity contribution in [3.8, 4) is 5.75 Å². The van der Waals surface area contributed by atoms with Gasteiger partial charge in [-0.15, -0.1) is 0 Å². The van der Waals surface area contributed by atoms with E-state index in [-0.39, 0.29) is 5.76 Å². The van der Waals surface area contributed by atoms with Gasteiger partial charge in [0.15, 0.2) is 0 Å². The number of ether oxygens (including phenoxy) is 2. The maximum Gasteiger partial charge on any atom is 0.293 e. The van der Waals surface area contributed by atoms with Gasteiger partial charge < -0.3 is 25.1 Å². The van der Waals surface area contributed by atoms with Crippen molar-refractivity contribution in [1.82, 2.24) is 9.21 Å². The van der Waals surface area contributed by atoms with E-state index in [0.717, 1.165) is 25.5 Å². The van der Waals surface area contributed by atoms with Crippen LogP contribution in [0.4, 0.5) is 5.69 Å². The number of sulfonamides is 1. The summed E-state index contributed by atoms with van der Waals surface area (Å²) in [5.41, 5.74) is 0.885. The Labute approximate surface area is 189 Å². The molecule has 0 atom stereocenters. The summed E-state index contributed by atoms with van der Waals surface area (Å²) in [6.07, 6.45) is 3.63. The Bertz CT molecular complexity index is 953. The molecule has 1 fully saturated rings. The number of piperazine rings is 1. The van der Waals surface area contributed by atoms with Crippen molar-refractivity contribution in [3.05, 3.63) is 35.7 Å². The van der Waals surface area contributed by atoms with Gasteiger partial charge in [-0.2, -0.15) is 4.31 Å². The molecule has 0 unspecified atom stereocenters. The van der Waals surface area contributed by atoms with Crippen molar-refractivity contribution in [2.45, 2.75) is 38.4 Å². The molecule has 0 saturated carbocycles. The summed E-state index contributed by atoms with van der Waals surface area (Å²) in [6, 6.07) is 7.22. The van der Waals surface area contributed by atoms with Crippen LogP contribution in [0.5, 0.6) is 5.75 Å². The molecule has 1 aromatic rings. The van der Waals surface area contributed by atoms with Crippen molar-refractivity contribution in [2.75, 3.05) is 44.7 Å².